The van der Waals surface area contributed by atoms with Gasteiger partial charge in [-0.05, 0) is 74.4 Å². The second-order valence-corrected chi connectivity index (χ2v) is 8.97. The van der Waals surface area contributed by atoms with Gasteiger partial charge in [0.25, 0.3) is 5.91 Å². The van der Waals surface area contributed by atoms with Gasteiger partial charge in [-0.3, -0.25) is 14.5 Å². The highest BCUT2D eigenvalue weighted by Crippen LogP contribution is 2.31. The fraction of sp³-hybridized carbons (Fsp3) is 0.259. The van der Waals surface area contributed by atoms with Gasteiger partial charge in [-0.15, -0.1) is 0 Å². The van der Waals surface area contributed by atoms with Crippen molar-refractivity contribution in [2.24, 2.45) is 7.05 Å². The van der Waals surface area contributed by atoms with Crippen LogP contribution in [0.25, 0.3) is 22.5 Å². The summed E-state index contributed by atoms with van der Waals surface area (Å²) in [5.74, 6) is -0.0949. The molecule has 36 heavy (non-hydrogen) atoms. The Hall–Kier alpha value is -4.14. The standard InChI is InChI=1S/C27H26F2N6O/c1-17-15-23(34(2)33-17)27(36)31-22-11-13-35(14-12-22)24-16-30-25(18-3-7-20(28)8-4-18)26(32-24)19-5-9-21(29)10-6-19/h3-10,15-16,22H,11-14H2,1-2H3,(H,31,36). The number of carbonyl (C=O) groups excluding carboxylic acids is 1. The maximum Gasteiger partial charge on any atom is 0.269 e. The Kier molecular flexibility index (Phi) is 6.45. The molecule has 0 unspecified atom stereocenters. The molecule has 2 aromatic carbocycles. The minimum Gasteiger partial charge on any atom is -0.355 e. The van der Waals surface area contributed by atoms with Crippen LogP contribution >= 0.6 is 0 Å². The van der Waals surface area contributed by atoms with Crippen LogP contribution in [0.5, 0.6) is 0 Å². The average molecular weight is 489 g/mol. The van der Waals surface area contributed by atoms with Crippen LogP contribution in [-0.2, 0) is 7.05 Å². The zero-order valence-corrected chi connectivity index (χ0v) is 20.1. The van der Waals surface area contributed by atoms with E-state index in [1.54, 1.807) is 48.3 Å². The minimum atomic E-state index is -0.336. The molecule has 1 saturated heterocycles. The maximum absolute atomic E-state index is 13.6. The van der Waals surface area contributed by atoms with Crippen molar-refractivity contribution in [3.05, 3.63) is 83.8 Å². The number of halogens is 2. The molecule has 7 nitrogen and oxygen atoms in total. The molecular formula is C27H26F2N6O. The van der Waals surface area contributed by atoms with Crippen LogP contribution in [0.3, 0.4) is 0 Å². The number of aromatic nitrogens is 4. The number of hydrogen-bond acceptors (Lipinski definition) is 5. The Morgan fingerprint density at radius 2 is 1.53 bits per heavy atom. The smallest absolute Gasteiger partial charge is 0.269 e. The molecule has 1 aliphatic rings. The normalized spacial score (nSPS) is 14.2. The van der Waals surface area contributed by atoms with E-state index in [1.807, 2.05) is 6.92 Å². The summed E-state index contributed by atoms with van der Waals surface area (Å²) < 4.78 is 28.7. The first-order valence-electron chi connectivity index (χ1n) is 11.8. The van der Waals surface area contributed by atoms with Crippen molar-refractivity contribution in [1.29, 1.82) is 0 Å². The van der Waals surface area contributed by atoms with E-state index in [0.717, 1.165) is 29.7 Å². The van der Waals surface area contributed by atoms with Crippen molar-refractivity contribution in [2.75, 3.05) is 18.0 Å². The number of benzene rings is 2. The van der Waals surface area contributed by atoms with Gasteiger partial charge >= 0.3 is 0 Å². The number of nitrogens with one attached hydrogen (secondary N) is 1. The van der Waals surface area contributed by atoms with Crippen LogP contribution in [0.2, 0.25) is 0 Å². The Bertz CT molecular complexity index is 1380. The van der Waals surface area contributed by atoms with Gasteiger partial charge < -0.3 is 10.2 Å². The lowest BCUT2D eigenvalue weighted by molar-refractivity contribution is 0.0921. The molecule has 3 heterocycles. The summed E-state index contributed by atoms with van der Waals surface area (Å²) in [6, 6.07) is 14.0. The fourth-order valence-electron chi connectivity index (χ4n) is 4.50. The highest BCUT2D eigenvalue weighted by Gasteiger charge is 2.24. The lowest BCUT2D eigenvalue weighted by Crippen LogP contribution is -2.45. The van der Waals surface area contributed by atoms with Crippen molar-refractivity contribution in [1.82, 2.24) is 25.1 Å². The maximum atomic E-state index is 13.6. The third kappa shape index (κ3) is 4.95. The number of hydrogen-bond donors (Lipinski definition) is 1. The summed E-state index contributed by atoms with van der Waals surface area (Å²) in [5.41, 5.74) is 3.98. The van der Waals surface area contributed by atoms with E-state index in [-0.39, 0.29) is 23.6 Å². The first-order chi connectivity index (χ1) is 17.4. The van der Waals surface area contributed by atoms with E-state index in [4.69, 9.17) is 4.98 Å². The third-order valence-electron chi connectivity index (χ3n) is 6.38. The van der Waals surface area contributed by atoms with Gasteiger partial charge in [-0.1, -0.05) is 0 Å². The predicted molar refractivity (Wildman–Crippen MR) is 133 cm³/mol. The lowest BCUT2D eigenvalue weighted by atomic mass is 10.0. The van der Waals surface area contributed by atoms with E-state index in [9.17, 15) is 13.6 Å². The van der Waals surface area contributed by atoms with Crippen molar-refractivity contribution in [3.8, 4) is 22.5 Å². The Labute approximate surface area is 207 Å². The molecule has 0 saturated carbocycles. The molecule has 9 heteroatoms. The molecule has 5 rings (SSSR count). The van der Waals surface area contributed by atoms with Crippen molar-refractivity contribution >= 4 is 11.7 Å². The van der Waals surface area contributed by atoms with Crippen molar-refractivity contribution < 1.29 is 13.6 Å². The van der Waals surface area contributed by atoms with Gasteiger partial charge in [-0.2, -0.15) is 5.10 Å². The number of rotatable bonds is 5. The molecule has 4 aromatic rings. The lowest BCUT2D eigenvalue weighted by Gasteiger charge is -2.33. The van der Waals surface area contributed by atoms with Crippen LogP contribution in [0.15, 0.2) is 60.8 Å². The average Bonchev–Trinajstić information content (AvgIpc) is 3.23. The molecular weight excluding hydrogens is 462 g/mol. The molecule has 2 aromatic heterocycles. The van der Waals surface area contributed by atoms with E-state index in [2.05, 4.69) is 20.3 Å². The summed E-state index contributed by atoms with van der Waals surface area (Å²) in [7, 11) is 1.76. The van der Waals surface area contributed by atoms with E-state index in [0.29, 0.717) is 36.0 Å². The Balaban J connectivity index is 1.35. The summed E-state index contributed by atoms with van der Waals surface area (Å²) >= 11 is 0. The Morgan fingerprint density at radius 1 is 0.944 bits per heavy atom. The highest BCUT2D eigenvalue weighted by atomic mass is 19.1. The summed E-state index contributed by atoms with van der Waals surface area (Å²) in [6.07, 6.45) is 3.23. The fourth-order valence-corrected chi connectivity index (χ4v) is 4.50. The van der Waals surface area contributed by atoms with E-state index < -0.39 is 0 Å². The Morgan fingerprint density at radius 3 is 2.08 bits per heavy atom. The van der Waals surface area contributed by atoms with Gasteiger partial charge in [0.1, 0.15) is 23.1 Å². The molecule has 1 fully saturated rings. The minimum absolute atomic E-state index is 0.0481. The van der Waals surface area contributed by atoms with Crippen LogP contribution in [0.4, 0.5) is 14.6 Å². The molecule has 0 bridgehead atoms. The number of piperidine rings is 1. The molecule has 0 aliphatic carbocycles. The second kappa shape index (κ2) is 9.85. The zero-order chi connectivity index (χ0) is 25.2. The zero-order valence-electron chi connectivity index (χ0n) is 20.1. The summed E-state index contributed by atoms with van der Waals surface area (Å²) in [5, 5.41) is 7.35. The number of aryl methyl sites for hydroxylation is 2. The van der Waals surface area contributed by atoms with Gasteiger partial charge in [0.2, 0.25) is 0 Å². The predicted octanol–water partition coefficient (Wildman–Crippen LogP) is 4.53. The molecule has 0 spiro atoms. The van der Waals surface area contributed by atoms with Crippen molar-refractivity contribution in [3.63, 3.8) is 0 Å². The molecule has 0 atom stereocenters. The largest absolute Gasteiger partial charge is 0.355 e. The van der Waals surface area contributed by atoms with Crippen LogP contribution < -0.4 is 10.2 Å². The summed E-state index contributed by atoms with van der Waals surface area (Å²) in [6.45, 7) is 3.25. The first-order valence-corrected chi connectivity index (χ1v) is 11.8. The van der Waals surface area contributed by atoms with Gasteiger partial charge in [-0.25, -0.2) is 13.8 Å². The molecule has 1 aliphatic heterocycles. The number of anilines is 1. The number of carbonyl (C=O) groups is 1. The summed E-state index contributed by atoms with van der Waals surface area (Å²) in [4.78, 5) is 24.4. The molecule has 0 radical (unpaired) electrons. The van der Waals surface area contributed by atoms with Crippen LogP contribution in [0, 0.1) is 18.6 Å². The van der Waals surface area contributed by atoms with E-state index >= 15 is 0 Å². The SMILES string of the molecule is Cc1cc(C(=O)NC2CCN(c3cnc(-c4ccc(F)cc4)c(-c4ccc(F)cc4)n3)CC2)n(C)n1. The van der Waals surface area contributed by atoms with Crippen molar-refractivity contribution in [2.45, 2.75) is 25.8 Å². The van der Waals surface area contributed by atoms with Crippen LogP contribution in [-0.4, -0.2) is 44.8 Å². The number of amides is 1. The molecule has 1 N–H and O–H groups in total. The monoisotopic (exact) mass is 488 g/mol. The first kappa shape index (κ1) is 23.6. The van der Waals surface area contributed by atoms with Gasteiger partial charge in [0.15, 0.2) is 0 Å². The highest BCUT2D eigenvalue weighted by molar-refractivity contribution is 5.92. The third-order valence-corrected chi connectivity index (χ3v) is 6.38. The van der Waals surface area contributed by atoms with Gasteiger partial charge in [0, 0.05) is 37.3 Å². The molecule has 184 valence electrons. The molecule has 1 amide bonds. The van der Waals surface area contributed by atoms with Crippen LogP contribution in [0.1, 0.15) is 29.0 Å². The second-order valence-electron chi connectivity index (χ2n) is 8.97. The quantitative estimate of drug-likeness (QED) is 0.447. The van der Waals surface area contributed by atoms with Gasteiger partial charge in [0.05, 0.1) is 23.3 Å². The van der Waals surface area contributed by atoms with E-state index in [1.165, 1.54) is 24.3 Å². The topological polar surface area (TPSA) is 75.9 Å². The number of nitrogens with zero attached hydrogens (tertiary/aromatic N) is 5.